The molecular weight excluding hydrogens is 176 g/mol. The van der Waals surface area contributed by atoms with Gasteiger partial charge in [-0.25, -0.2) is 0 Å². The van der Waals surface area contributed by atoms with Crippen molar-refractivity contribution in [1.29, 1.82) is 0 Å². The monoisotopic (exact) mass is 186 g/mol. The number of aliphatic hydroxyl groups is 1. The summed E-state index contributed by atoms with van der Waals surface area (Å²) in [6.45, 7) is 2.49. The highest BCUT2D eigenvalue weighted by Gasteiger charge is 2.02. The molecule has 3 heteroatoms. The van der Waals surface area contributed by atoms with Gasteiger partial charge in [0, 0.05) is 17.5 Å². The summed E-state index contributed by atoms with van der Waals surface area (Å²) in [5.41, 5.74) is 0. The Labute approximate surface area is 76.8 Å². The number of rotatable bonds is 2. The van der Waals surface area contributed by atoms with Crippen LogP contribution in [0.4, 0.5) is 0 Å². The molecule has 1 aliphatic rings. The number of halogens is 1. The predicted molar refractivity (Wildman–Crippen MR) is 49.0 cm³/mol. The summed E-state index contributed by atoms with van der Waals surface area (Å²) in [5.74, 6) is 0.805. The number of ether oxygens (including phenoxy) is 1. The lowest BCUT2D eigenvalue weighted by molar-refractivity contribution is 0.239. The molecule has 0 spiro atoms. The fourth-order valence-electron chi connectivity index (χ4n) is 0.931. The van der Waals surface area contributed by atoms with Gasteiger partial charge >= 0.3 is 0 Å². The molecule has 0 aliphatic heterocycles. The molecule has 0 radical (unpaired) electrons. The first-order valence-electron chi connectivity index (χ1n) is 3.82. The average Bonchev–Trinajstić information content (AvgIpc) is 2.13. The van der Waals surface area contributed by atoms with E-state index >= 15 is 0 Å². The van der Waals surface area contributed by atoms with E-state index in [1.165, 1.54) is 6.08 Å². The third kappa shape index (κ3) is 2.62. The van der Waals surface area contributed by atoms with Gasteiger partial charge in [0.05, 0.1) is 6.61 Å². The Morgan fingerprint density at radius 3 is 3.00 bits per heavy atom. The van der Waals surface area contributed by atoms with Crippen molar-refractivity contribution in [3.05, 3.63) is 34.8 Å². The molecule has 0 aromatic heterocycles. The van der Waals surface area contributed by atoms with Gasteiger partial charge in [0.2, 0.25) is 0 Å². The van der Waals surface area contributed by atoms with Gasteiger partial charge in [-0.3, -0.25) is 0 Å². The van der Waals surface area contributed by atoms with Crippen LogP contribution in [-0.2, 0) is 4.74 Å². The van der Waals surface area contributed by atoms with E-state index in [9.17, 15) is 5.11 Å². The van der Waals surface area contributed by atoms with Crippen LogP contribution < -0.4 is 0 Å². The topological polar surface area (TPSA) is 29.5 Å². The molecule has 0 heterocycles. The molecule has 1 rings (SSSR count). The maximum atomic E-state index is 9.24. The largest absolute Gasteiger partial charge is 0.508 e. The van der Waals surface area contributed by atoms with E-state index in [-0.39, 0.29) is 5.76 Å². The molecule has 0 fully saturated rings. The Kier molecular flexibility index (Phi) is 3.23. The van der Waals surface area contributed by atoms with Gasteiger partial charge in [-0.15, -0.1) is 0 Å². The highest BCUT2D eigenvalue weighted by molar-refractivity contribution is 6.29. The summed E-state index contributed by atoms with van der Waals surface area (Å²) in [7, 11) is 0. The van der Waals surface area contributed by atoms with Gasteiger partial charge in [-0.1, -0.05) is 11.6 Å². The van der Waals surface area contributed by atoms with E-state index in [1.54, 1.807) is 6.08 Å². The molecule has 0 aromatic rings. The number of hydrogen-bond donors (Lipinski definition) is 1. The van der Waals surface area contributed by atoms with Crippen LogP contribution in [-0.4, -0.2) is 11.7 Å². The highest BCUT2D eigenvalue weighted by atomic mass is 35.5. The molecule has 0 bridgehead atoms. The van der Waals surface area contributed by atoms with E-state index in [0.29, 0.717) is 23.8 Å². The highest BCUT2D eigenvalue weighted by Crippen LogP contribution is 2.18. The van der Waals surface area contributed by atoms with Crippen molar-refractivity contribution in [2.75, 3.05) is 6.61 Å². The van der Waals surface area contributed by atoms with Crippen LogP contribution in [0.5, 0.6) is 0 Å². The Balaban J connectivity index is 2.75. The molecular formula is C9H11ClO2. The fraction of sp³-hybridized carbons (Fsp3) is 0.333. The van der Waals surface area contributed by atoms with Gasteiger partial charge < -0.3 is 9.84 Å². The number of allylic oxidation sites excluding steroid dienone is 4. The lowest BCUT2D eigenvalue weighted by atomic mass is 10.3. The summed E-state index contributed by atoms with van der Waals surface area (Å²) >= 11 is 5.74. The summed E-state index contributed by atoms with van der Waals surface area (Å²) in [4.78, 5) is 0. The van der Waals surface area contributed by atoms with Crippen molar-refractivity contribution < 1.29 is 9.84 Å². The second kappa shape index (κ2) is 4.21. The first-order valence-corrected chi connectivity index (χ1v) is 4.20. The predicted octanol–water partition coefficient (Wildman–Crippen LogP) is 2.88. The molecule has 0 amide bonds. The standard InChI is InChI=1S/C9H11ClO2/c1-2-12-9-4-3-7(10)5-8(11)6-9/h4-6,11H,2-3H2,1H3. The zero-order valence-corrected chi connectivity index (χ0v) is 7.64. The Hall–Kier alpha value is -0.890. The van der Waals surface area contributed by atoms with Gasteiger partial charge in [0.1, 0.15) is 11.5 Å². The van der Waals surface area contributed by atoms with Crippen molar-refractivity contribution in [3.8, 4) is 0 Å². The van der Waals surface area contributed by atoms with Crippen molar-refractivity contribution in [2.24, 2.45) is 0 Å². The SMILES string of the molecule is CCOC1=CCC(Cl)=CC(O)=C1. The van der Waals surface area contributed by atoms with Crippen molar-refractivity contribution in [2.45, 2.75) is 13.3 Å². The van der Waals surface area contributed by atoms with E-state index in [2.05, 4.69) is 0 Å². The van der Waals surface area contributed by atoms with Crippen molar-refractivity contribution in [1.82, 2.24) is 0 Å². The van der Waals surface area contributed by atoms with Crippen LogP contribution >= 0.6 is 11.6 Å². The third-order valence-electron chi connectivity index (χ3n) is 1.40. The molecule has 12 heavy (non-hydrogen) atoms. The van der Waals surface area contributed by atoms with Crippen LogP contribution in [0.2, 0.25) is 0 Å². The van der Waals surface area contributed by atoms with Crippen LogP contribution in [0.15, 0.2) is 34.8 Å². The van der Waals surface area contributed by atoms with E-state index in [4.69, 9.17) is 16.3 Å². The summed E-state index contributed by atoms with van der Waals surface area (Å²) in [6, 6.07) is 0. The second-order valence-corrected chi connectivity index (χ2v) is 2.89. The second-order valence-electron chi connectivity index (χ2n) is 2.40. The van der Waals surface area contributed by atoms with E-state index < -0.39 is 0 Å². The smallest absolute Gasteiger partial charge is 0.120 e. The summed E-state index contributed by atoms with van der Waals surface area (Å²) in [5, 5.41) is 9.85. The van der Waals surface area contributed by atoms with Crippen LogP contribution in [0.3, 0.4) is 0 Å². The van der Waals surface area contributed by atoms with Crippen LogP contribution in [0.1, 0.15) is 13.3 Å². The molecule has 0 aromatic carbocycles. The summed E-state index contributed by atoms with van der Waals surface area (Å²) < 4.78 is 5.21. The number of aliphatic hydroxyl groups excluding tert-OH is 1. The molecule has 2 nitrogen and oxygen atoms in total. The molecule has 1 N–H and O–H groups in total. The van der Waals surface area contributed by atoms with E-state index in [0.717, 1.165) is 0 Å². The van der Waals surface area contributed by atoms with Gasteiger partial charge in [-0.2, -0.15) is 0 Å². The quantitative estimate of drug-likeness (QED) is 0.719. The molecule has 0 saturated carbocycles. The van der Waals surface area contributed by atoms with Crippen LogP contribution in [0, 0.1) is 0 Å². The molecule has 0 saturated heterocycles. The molecule has 1 aliphatic carbocycles. The minimum atomic E-state index is 0.136. The zero-order chi connectivity index (χ0) is 8.97. The zero-order valence-electron chi connectivity index (χ0n) is 6.88. The fourth-order valence-corrected chi connectivity index (χ4v) is 1.12. The summed E-state index contributed by atoms with van der Waals surface area (Å²) in [6.07, 6.45) is 5.52. The minimum absolute atomic E-state index is 0.136. The maximum Gasteiger partial charge on any atom is 0.120 e. The first-order chi connectivity index (χ1) is 5.72. The lowest BCUT2D eigenvalue weighted by Crippen LogP contribution is -1.88. The van der Waals surface area contributed by atoms with Crippen molar-refractivity contribution in [3.63, 3.8) is 0 Å². The Morgan fingerprint density at radius 2 is 2.33 bits per heavy atom. The van der Waals surface area contributed by atoms with Gasteiger partial charge in [0.15, 0.2) is 0 Å². The molecule has 66 valence electrons. The normalized spacial score (nSPS) is 17.3. The van der Waals surface area contributed by atoms with Crippen LogP contribution in [0.25, 0.3) is 0 Å². The number of hydrogen-bond acceptors (Lipinski definition) is 2. The van der Waals surface area contributed by atoms with E-state index in [1.807, 2.05) is 13.0 Å². The lowest BCUT2D eigenvalue weighted by Gasteiger charge is -2.01. The molecule has 0 unspecified atom stereocenters. The molecule has 0 atom stereocenters. The maximum absolute atomic E-state index is 9.24. The van der Waals surface area contributed by atoms with Crippen molar-refractivity contribution >= 4 is 11.6 Å². The minimum Gasteiger partial charge on any atom is -0.508 e. The Morgan fingerprint density at radius 1 is 1.58 bits per heavy atom. The average molecular weight is 187 g/mol. The first kappa shape index (κ1) is 9.20. The van der Waals surface area contributed by atoms with Gasteiger partial charge in [-0.05, 0) is 19.1 Å². The Bertz CT molecular complexity index is 251. The third-order valence-corrected chi connectivity index (χ3v) is 1.67. The van der Waals surface area contributed by atoms with Gasteiger partial charge in [0.25, 0.3) is 0 Å².